The van der Waals surface area contributed by atoms with Gasteiger partial charge in [-0.15, -0.1) is 12.4 Å². The number of hydrogen-bond donors (Lipinski definition) is 1. The van der Waals surface area contributed by atoms with Gasteiger partial charge in [-0.05, 0) is 81.2 Å². The zero-order valence-electron chi connectivity index (χ0n) is 17.2. The van der Waals surface area contributed by atoms with E-state index >= 15 is 0 Å². The van der Waals surface area contributed by atoms with E-state index in [4.69, 9.17) is 4.74 Å². The molecule has 1 N–H and O–H groups in total. The van der Waals surface area contributed by atoms with Gasteiger partial charge in [0.25, 0.3) is 5.91 Å². The number of benzene rings is 1. The number of ether oxygens (including phenoxy) is 1. The van der Waals surface area contributed by atoms with Crippen molar-refractivity contribution in [3.05, 3.63) is 29.3 Å². The summed E-state index contributed by atoms with van der Waals surface area (Å²) in [4.78, 5) is 14.7. The van der Waals surface area contributed by atoms with Crippen molar-refractivity contribution in [1.82, 2.24) is 10.2 Å². The summed E-state index contributed by atoms with van der Waals surface area (Å²) in [6.07, 6.45) is 4.43. The molecule has 0 bridgehead atoms. The number of aryl methyl sites for hydroxylation is 1. The van der Waals surface area contributed by atoms with Crippen LogP contribution in [-0.4, -0.2) is 42.6 Å². The predicted octanol–water partition coefficient (Wildman–Crippen LogP) is 4.30. The first-order chi connectivity index (χ1) is 12.4. The fourth-order valence-electron chi connectivity index (χ4n) is 3.84. The molecule has 1 amide bonds. The molecule has 4 nitrogen and oxygen atoms in total. The molecular weight excluding hydrogens is 360 g/mol. The smallest absolute Gasteiger partial charge is 0.263 e. The molecule has 5 heteroatoms. The van der Waals surface area contributed by atoms with Crippen LogP contribution in [-0.2, 0) is 4.79 Å². The Morgan fingerprint density at radius 1 is 1.19 bits per heavy atom. The van der Waals surface area contributed by atoms with E-state index in [-0.39, 0.29) is 18.3 Å². The maximum absolute atomic E-state index is 12.7. The quantitative estimate of drug-likeness (QED) is 0.749. The minimum Gasteiger partial charge on any atom is -0.481 e. The number of nitrogens with zero attached hydrogens (tertiary/aromatic N) is 1. The lowest BCUT2D eigenvalue weighted by molar-refractivity contribution is -0.139. The van der Waals surface area contributed by atoms with E-state index in [0.29, 0.717) is 12.0 Å². The Bertz CT molecular complexity index is 623. The molecule has 1 aliphatic heterocycles. The lowest BCUT2D eigenvalue weighted by Gasteiger charge is -2.34. The summed E-state index contributed by atoms with van der Waals surface area (Å²) in [7, 11) is 0. The fraction of sp³-hybridized carbons (Fsp3) is 0.682. The molecule has 1 aromatic carbocycles. The summed E-state index contributed by atoms with van der Waals surface area (Å²) in [6, 6.07) is 6.72. The first-order valence-electron chi connectivity index (χ1n) is 10.2. The number of nitrogens with one attached hydrogen (secondary N) is 1. The van der Waals surface area contributed by atoms with Gasteiger partial charge >= 0.3 is 0 Å². The lowest BCUT2D eigenvalue weighted by Crippen LogP contribution is -2.48. The maximum atomic E-state index is 12.7. The van der Waals surface area contributed by atoms with Gasteiger partial charge in [0.15, 0.2) is 6.10 Å². The number of carbonyl (C=O) groups is 1. The molecule has 27 heavy (non-hydrogen) atoms. The largest absolute Gasteiger partial charge is 0.481 e. The van der Waals surface area contributed by atoms with Crippen LogP contribution in [0.5, 0.6) is 5.75 Å². The Labute approximate surface area is 170 Å². The van der Waals surface area contributed by atoms with Gasteiger partial charge in [-0.3, -0.25) is 4.79 Å². The second-order valence-corrected chi connectivity index (χ2v) is 8.38. The predicted molar refractivity (Wildman–Crippen MR) is 113 cm³/mol. The maximum Gasteiger partial charge on any atom is 0.263 e. The van der Waals surface area contributed by atoms with Crippen molar-refractivity contribution in [2.75, 3.05) is 19.6 Å². The van der Waals surface area contributed by atoms with Crippen molar-refractivity contribution < 1.29 is 9.53 Å². The van der Waals surface area contributed by atoms with Crippen molar-refractivity contribution in [2.45, 2.75) is 71.4 Å². The summed E-state index contributed by atoms with van der Waals surface area (Å²) in [5.41, 5.74) is 2.55. The summed E-state index contributed by atoms with van der Waals surface area (Å²) >= 11 is 0. The molecule has 0 aromatic heterocycles. The minimum atomic E-state index is -0.435. The van der Waals surface area contributed by atoms with Crippen LogP contribution < -0.4 is 10.1 Å². The van der Waals surface area contributed by atoms with E-state index in [1.165, 1.54) is 24.0 Å². The van der Waals surface area contributed by atoms with E-state index in [1.807, 2.05) is 24.0 Å². The Morgan fingerprint density at radius 2 is 1.85 bits per heavy atom. The zero-order chi connectivity index (χ0) is 18.7. The molecular formula is C22H35ClN2O2. The monoisotopic (exact) mass is 394 g/mol. The van der Waals surface area contributed by atoms with Gasteiger partial charge in [-0.1, -0.05) is 19.9 Å². The third kappa shape index (κ3) is 6.11. The van der Waals surface area contributed by atoms with Crippen molar-refractivity contribution >= 4 is 18.3 Å². The SMILES string of the molecule is Cc1cc(OC(C)C(=O)N2CCC(NCC3CC3)CC2)ccc1C(C)C.Cl. The second kappa shape index (κ2) is 9.79. The Hall–Kier alpha value is -1.26. The highest BCUT2D eigenvalue weighted by molar-refractivity contribution is 5.85. The number of likely N-dealkylation sites (tertiary alicyclic amines) is 1. The van der Waals surface area contributed by atoms with E-state index in [1.54, 1.807) is 0 Å². The Balaban J connectivity index is 0.00000261. The molecule has 1 aliphatic carbocycles. The number of hydrogen-bond acceptors (Lipinski definition) is 3. The summed E-state index contributed by atoms with van der Waals surface area (Å²) in [5.74, 6) is 2.30. The first kappa shape index (κ1) is 22.0. The van der Waals surface area contributed by atoms with Crippen LogP contribution in [0.25, 0.3) is 0 Å². The average Bonchev–Trinajstić information content (AvgIpc) is 3.44. The average molecular weight is 395 g/mol. The number of rotatable bonds is 7. The highest BCUT2D eigenvalue weighted by Gasteiger charge is 2.28. The van der Waals surface area contributed by atoms with Crippen molar-refractivity contribution in [2.24, 2.45) is 5.92 Å². The topological polar surface area (TPSA) is 41.6 Å². The van der Waals surface area contributed by atoms with Gasteiger partial charge in [0.1, 0.15) is 5.75 Å². The van der Waals surface area contributed by atoms with Crippen LogP contribution in [0.4, 0.5) is 0 Å². The lowest BCUT2D eigenvalue weighted by atomic mass is 9.98. The first-order valence-corrected chi connectivity index (χ1v) is 10.2. The van der Waals surface area contributed by atoms with Gasteiger partial charge in [0.2, 0.25) is 0 Å². The summed E-state index contributed by atoms with van der Waals surface area (Å²) in [5, 5.41) is 3.66. The van der Waals surface area contributed by atoms with Crippen molar-refractivity contribution in [1.29, 1.82) is 0 Å². The van der Waals surface area contributed by atoms with E-state index in [2.05, 4.69) is 32.2 Å². The number of amides is 1. The molecule has 1 saturated heterocycles. The fourth-order valence-corrected chi connectivity index (χ4v) is 3.84. The molecule has 1 atom stereocenters. The third-order valence-electron chi connectivity index (χ3n) is 5.72. The number of carbonyl (C=O) groups excluding carboxylic acids is 1. The molecule has 1 saturated carbocycles. The second-order valence-electron chi connectivity index (χ2n) is 8.38. The van der Waals surface area contributed by atoms with Crippen LogP contribution in [0.15, 0.2) is 18.2 Å². The molecule has 1 heterocycles. The van der Waals surface area contributed by atoms with Gasteiger partial charge in [0, 0.05) is 19.1 Å². The minimum absolute atomic E-state index is 0. The highest BCUT2D eigenvalue weighted by Crippen LogP contribution is 2.28. The number of piperidine rings is 1. The summed E-state index contributed by atoms with van der Waals surface area (Å²) in [6.45, 7) is 11.2. The van der Waals surface area contributed by atoms with Crippen molar-refractivity contribution in [3.63, 3.8) is 0 Å². The van der Waals surface area contributed by atoms with E-state index in [0.717, 1.165) is 44.1 Å². The zero-order valence-corrected chi connectivity index (χ0v) is 18.0. The van der Waals surface area contributed by atoms with Crippen LogP contribution in [0.3, 0.4) is 0 Å². The normalized spacial score (nSPS) is 18.9. The highest BCUT2D eigenvalue weighted by atomic mass is 35.5. The van der Waals surface area contributed by atoms with Gasteiger partial charge < -0.3 is 15.0 Å². The summed E-state index contributed by atoms with van der Waals surface area (Å²) < 4.78 is 5.95. The van der Waals surface area contributed by atoms with E-state index < -0.39 is 6.10 Å². The van der Waals surface area contributed by atoms with E-state index in [9.17, 15) is 4.79 Å². The van der Waals surface area contributed by atoms with Gasteiger partial charge in [0.05, 0.1) is 0 Å². The molecule has 1 aromatic rings. The van der Waals surface area contributed by atoms with Crippen LogP contribution in [0.2, 0.25) is 0 Å². The molecule has 0 spiro atoms. The molecule has 2 fully saturated rings. The molecule has 3 rings (SSSR count). The number of halogens is 1. The molecule has 1 unspecified atom stereocenters. The van der Waals surface area contributed by atoms with Crippen LogP contribution in [0.1, 0.15) is 63.5 Å². The Kier molecular flexibility index (Phi) is 7.99. The molecule has 2 aliphatic rings. The van der Waals surface area contributed by atoms with Crippen molar-refractivity contribution in [3.8, 4) is 5.75 Å². The van der Waals surface area contributed by atoms with Gasteiger partial charge in [-0.25, -0.2) is 0 Å². The standard InChI is InChI=1S/C22H34N2O2.ClH/c1-15(2)21-8-7-20(13-16(21)3)26-17(4)22(25)24-11-9-19(10-12-24)23-14-18-5-6-18;/h7-8,13,15,17-19,23H,5-6,9-12,14H2,1-4H3;1H. The van der Waals surface area contributed by atoms with Crippen LogP contribution in [0, 0.1) is 12.8 Å². The molecule has 152 valence electrons. The third-order valence-corrected chi connectivity index (χ3v) is 5.72. The van der Waals surface area contributed by atoms with Crippen LogP contribution >= 0.6 is 12.4 Å². The molecule has 0 radical (unpaired) electrons. The Morgan fingerprint density at radius 3 is 2.41 bits per heavy atom. The van der Waals surface area contributed by atoms with Gasteiger partial charge in [-0.2, -0.15) is 0 Å².